The number of rotatable bonds is 2. The van der Waals surface area contributed by atoms with Gasteiger partial charge < -0.3 is 10.1 Å². The summed E-state index contributed by atoms with van der Waals surface area (Å²) in [4.78, 5) is 18.2. The van der Waals surface area contributed by atoms with Gasteiger partial charge in [-0.1, -0.05) is 17.7 Å². The average molecular weight is 230 g/mol. The molecule has 88 valence electrons. The zero-order valence-electron chi connectivity index (χ0n) is 10.0. The fourth-order valence-electron chi connectivity index (χ4n) is 1.83. The maximum atomic E-state index is 11.1. The van der Waals surface area contributed by atoms with E-state index in [1.54, 1.807) is 6.92 Å². The lowest BCUT2D eigenvalue weighted by Crippen LogP contribution is -2.00. The van der Waals surface area contributed by atoms with Crippen molar-refractivity contribution in [2.24, 2.45) is 0 Å². The van der Waals surface area contributed by atoms with E-state index in [1.165, 1.54) is 0 Å². The number of carboxylic acids is 1. The molecule has 1 aromatic heterocycles. The summed E-state index contributed by atoms with van der Waals surface area (Å²) in [6.45, 7) is 5.67. The summed E-state index contributed by atoms with van der Waals surface area (Å²) in [5.41, 5.74) is 3.63. The molecule has 4 heteroatoms. The Morgan fingerprint density at radius 2 is 2.00 bits per heavy atom. The third-order valence-corrected chi connectivity index (χ3v) is 2.68. The van der Waals surface area contributed by atoms with Gasteiger partial charge in [0.25, 0.3) is 0 Å². The molecule has 0 fully saturated rings. The predicted molar refractivity (Wildman–Crippen MR) is 65.2 cm³/mol. The highest BCUT2D eigenvalue weighted by atomic mass is 16.4. The molecule has 2 N–H and O–H groups in total. The molecular weight excluding hydrogens is 216 g/mol. The molecule has 0 aliphatic carbocycles. The van der Waals surface area contributed by atoms with Crippen LogP contribution in [-0.2, 0) is 0 Å². The first-order chi connectivity index (χ1) is 7.99. The van der Waals surface area contributed by atoms with Crippen molar-refractivity contribution in [2.75, 3.05) is 0 Å². The summed E-state index contributed by atoms with van der Waals surface area (Å²) < 4.78 is 0. The molecule has 0 saturated carbocycles. The van der Waals surface area contributed by atoms with Crippen molar-refractivity contribution in [3.05, 3.63) is 40.8 Å². The Hall–Kier alpha value is -2.10. The Labute approximate surface area is 99.3 Å². The standard InChI is InChI=1S/C13H14N2O2/c1-7-4-5-8(2)10(6-7)11-12(13(16)17)15-9(3)14-11/h4-6H,1-3H3,(H,14,15)(H,16,17). The summed E-state index contributed by atoms with van der Waals surface area (Å²) in [6.07, 6.45) is 0. The van der Waals surface area contributed by atoms with Crippen molar-refractivity contribution in [1.82, 2.24) is 9.97 Å². The third-order valence-electron chi connectivity index (χ3n) is 2.68. The molecule has 1 aromatic carbocycles. The Kier molecular flexibility index (Phi) is 2.71. The number of H-pyrrole nitrogens is 1. The number of hydrogen-bond acceptors (Lipinski definition) is 2. The summed E-state index contributed by atoms with van der Waals surface area (Å²) in [7, 11) is 0. The van der Waals surface area contributed by atoms with Gasteiger partial charge in [0.1, 0.15) is 11.5 Å². The van der Waals surface area contributed by atoms with E-state index in [4.69, 9.17) is 5.11 Å². The predicted octanol–water partition coefficient (Wildman–Crippen LogP) is 2.70. The fraction of sp³-hybridized carbons (Fsp3) is 0.231. The molecule has 0 aliphatic heterocycles. The zero-order chi connectivity index (χ0) is 12.6. The van der Waals surface area contributed by atoms with E-state index in [0.717, 1.165) is 16.7 Å². The first-order valence-electron chi connectivity index (χ1n) is 5.36. The van der Waals surface area contributed by atoms with Gasteiger partial charge in [-0.25, -0.2) is 9.78 Å². The number of nitrogens with zero attached hydrogens (tertiary/aromatic N) is 1. The third kappa shape index (κ3) is 2.06. The van der Waals surface area contributed by atoms with Crippen LogP contribution in [0.3, 0.4) is 0 Å². The number of aromatic carboxylic acids is 1. The number of aromatic nitrogens is 2. The highest BCUT2D eigenvalue weighted by molar-refractivity contribution is 5.93. The largest absolute Gasteiger partial charge is 0.477 e. The molecule has 0 bridgehead atoms. The normalized spacial score (nSPS) is 10.5. The molecule has 0 aliphatic rings. The average Bonchev–Trinajstić information content (AvgIpc) is 2.64. The molecule has 0 amide bonds. The number of carboxylic acid groups (broad SMARTS) is 1. The van der Waals surface area contributed by atoms with E-state index in [1.807, 2.05) is 32.0 Å². The van der Waals surface area contributed by atoms with E-state index in [0.29, 0.717) is 11.5 Å². The Morgan fingerprint density at radius 3 is 2.65 bits per heavy atom. The molecule has 4 nitrogen and oxygen atoms in total. The van der Waals surface area contributed by atoms with Gasteiger partial charge in [0.05, 0.1) is 0 Å². The van der Waals surface area contributed by atoms with Crippen LogP contribution in [0.15, 0.2) is 18.2 Å². The number of benzene rings is 1. The molecule has 2 rings (SSSR count). The molecule has 0 radical (unpaired) electrons. The molecule has 0 spiro atoms. The number of carbonyl (C=O) groups is 1. The lowest BCUT2D eigenvalue weighted by atomic mass is 10.0. The molecule has 2 aromatic rings. The van der Waals surface area contributed by atoms with E-state index in [-0.39, 0.29) is 5.69 Å². The summed E-state index contributed by atoms with van der Waals surface area (Å²) in [6, 6.07) is 5.93. The van der Waals surface area contributed by atoms with Crippen LogP contribution in [0, 0.1) is 20.8 Å². The van der Waals surface area contributed by atoms with Gasteiger partial charge in [0.15, 0.2) is 5.69 Å². The van der Waals surface area contributed by atoms with Crippen LogP contribution in [-0.4, -0.2) is 21.0 Å². The maximum absolute atomic E-state index is 11.1. The van der Waals surface area contributed by atoms with E-state index in [2.05, 4.69) is 9.97 Å². The highest BCUT2D eigenvalue weighted by Gasteiger charge is 2.17. The van der Waals surface area contributed by atoms with Crippen LogP contribution in [0.25, 0.3) is 11.3 Å². The molecule has 1 heterocycles. The highest BCUT2D eigenvalue weighted by Crippen LogP contribution is 2.26. The minimum absolute atomic E-state index is 0.149. The van der Waals surface area contributed by atoms with Gasteiger partial charge in [-0.15, -0.1) is 0 Å². The lowest BCUT2D eigenvalue weighted by Gasteiger charge is -2.05. The smallest absolute Gasteiger partial charge is 0.354 e. The van der Waals surface area contributed by atoms with Crippen molar-refractivity contribution >= 4 is 5.97 Å². The monoisotopic (exact) mass is 230 g/mol. The SMILES string of the molecule is Cc1ccc(C)c(-c2nc(C)[nH]c2C(=O)O)c1. The second-order valence-electron chi connectivity index (χ2n) is 4.17. The molecule has 17 heavy (non-hydrogen) atoms. The van der Waals surface area contributed by atoms with Crippen LogP contribution in [0.2, 0.25) is 0 Å². The molecule has 0 saturated heterocycles. The van der Waals surface area contributed by atoms with E-state index in [9.17, 15) is 4.79 Å². The van der Waals surface area contributed by atoms with Crippen molar-refractivity contribution in [3.63, 3.8) is 0 Å². The van der Waals surface area contributed by atoms with Gasteiger partial charge in [-0.05, 0) is 32.4 Å². The Balaban J connectivity index is 2.67. The van der Waals surface area contributed by atoms with Crippen LogP contribution >= 0.6 is 0 Å². The van der Waals surface area contributed by atoms with Gasteiger partial charge in [0.2, 0.25) is 0 Å². The second-order valence-corrected chi connectivity index (χ2v) is 4.17. The summed E-state index contributed by atoms with van der Waals surface area (Å²) in [5, 5.41) is 9.13. The number of aromatic amines is 1. The van der Waals surface area contributed by atoms with Gasteiger partial charge in [0, 0.05) is 5.56 Å². The van der Waals surface area contributed by atoms with Crippen LogP contribution in [0.5, 0.6) is 0 Å². The minimum atomic E-state index is -0.985. The molecular formula is C13H14N2O2. The fourth-order valence-corrected chi connectivity index (χ4v) is 1.83. The Bertz CT molecular complexity index is 585. The van der Waals surface area contributed by atoms with Crippen LogP contribution < -0.4 is 0 Å². The quantitative estimate of drug-likeness (QED) is 0.833. The van der Waals surface area contributed by atoms with Crippen molar-refractivity contribution in [2.45, 2.75) is 20.8 Å². The van der Waals surface area contributed by atoms with E-state index >= 15 is 0 Å². The van der Waals surface area contributed by atoms with Crippen LogP contribution in [0.1, 0.15) is 27.4 Å². The van der Waals surface area contributed by atoms with Crippen LogP contribution in [0.4, 0.5) is 0 Å². The van der Waals surface area contributed by atoms with Gasteiger partial charge in [-0.3, -0.25) is 0 Å². The topological polar surface area (TPSA) is 66.0 Å². The molecule has 0 atom stereocenters. The number of nitrogens with one attached hydrogen (secondary N) is 1. The van der Waals surface area contributed by atoms with Gasteiger partial charge in [-0.2, -0.15) is 0 Å². The first-order valence-corrected chi connectivity index (χ1v) is 5.36. The minimum Gasteiger partial charge on any atom is -0.477 e. The summed E-state index contributed by atoms with van der Waals surface area (Å²) in [5.74, 6) is -0.375. The number of imidazole rings is 1. The van der Waals surface area contributed by atoms with Gasteiger partial charge >= 0.3 is 5.97 Å². The lowest BCUT2D eigenvalue weighted by molar-refractivity contribution is 0.0692. The van der Waals surface area contributed by atoms with E-state index < -0.39 is 5.97 Å². The second kappa shape index (κ2) is 4.05. The van der Waals surface area contributed by atoms with Crippen molar-refractivity contribution in [3.8, 4) is 11.3 Å². The maximum Gasteiger partial charge on any atom is 0.354 e. The number of hydrogen-bond donors (Lipinski definition) is 2. The first kappa shape index (κ1) is 11.4. The molecule has 0 unspecified atom stereocenters. The Morgan fingerprint density at radius 1 is 1.29 bits per heavy atom. The van der Waals surface area contributed by atoms with Crippen molar-refractivity contribution < 1.29 is 9.90 Å². The van der Waals surface area contributed by atoms with Crippen molar-refractivity contribution in [1.29, 1.82) is 0 Å². The zero-order valence-corrected chi connectivity index (χ0v) is 10.0. The number of aryl methyl sites for hydroxylation is 3. The summed E-state index contributed by atoms with van der Waals surface area (Å²) >= 11 is 0.